The molecule has 0 spiro atoms. The summed E-state index contributed by atoms with van der Waals surface area (Å²) in [6.45, 7) is 4.36. The monoisotopic (exact) mass is 359 g/mol. The second kappa shape index (κ2) is 5.30. The third kappa shape index (κ3) is 2.95. The minimum Gasteiger partial charge on any atom is -0.383 e. The predicted molar refractivity (Wildman–Crippen MR) is 81.0 cm³/mol. The first-order valence-corrected chi connectivity index (χ1v) is 7.39. The van der Waals surface area contributed by atoms with Crippen LogP contribution in [0, 0.1) is 9.49 Å². The lowest BCUT2D eigenvalue weighted by Crippen LogP contribution is -2.07. The molecule has 2 N–H and O–H groups in total. The van der Waals surface area contributed by atoms with Crippen LogP contribution in [-0.2, 0) is 6.42 Å². The summed E-state index contributed by atoms with van der Waals surface area (Å²) < 4.78 is 0.983. The van der Waals surface area contributed by atoms with Crippen LogP contribution in [0.5, 0.6) is 0 Å². The number of thiophene rings is 1. The van der Waals surface area contributed by atoms with E-state index in [2.05, 4.69) is 46.4 Å². The zero-order valence-electron chi connectivity index (χ0n) is 9.77. The molecule has 0 aliphatic heterocycles. The molecule has 0 aromatic carbocycles. The first kappa shape index (κ1) is 12.8. The van der Waals surface area contributed by atoms with Crippen LogP contribution in [0.25, 0.3) is 10.7 Å². The Kier molecular flexibility index (Phi) is 3.98. The summed E-state index contributed by atoms with van der Waals surface area (Å²) >= 11 is 3.86. The predicted octanol–water partition coefficient (Wildman–Crippen LogP) is 3.59. The van der Waals surface area contributed by atoms with Crippen molar-refractivity contribution in [1.29, 1.82) is 0 Å². The average molecular weight is 359 g/mol. The molecule has 2 rings (SSSR count). The summed E-state index contributed by atoms with van der Waals surface area (Å²) in [7, 11) is 0. The van der Waals surface area contributed by atoms with Crippen molar-refractivity contribution < 1.29 is 0 Å². The standard InChI is InChI=1S/C12H14IN3S/c1-7(2)6-8-10(13)11(14)16-12(15-8)9-4-3-5-17-9/h3-5,7H,6H2,1-2H3,(H2,14,15,16). The zero-order chi connectivity index (χ0) is 12.4. The molecule has 0 atom stereocenters. The molecule has 2 heterocycles. The maximum Gasteiger partial charge on any atom is 0.171 e. The lowest BCUT2D eigenvalue weighted by molar-refractivity contribution is 0.632. The van der Waals surface area contributed by atoms with Gasteiger partial charge in [-0.2, -0.15) is 0 Å². The first-order valence-electron chi connectivity index (χ1n) is 5.43. The first-order chi connectivity index (χ1) is 8.08. The lowest BCUT2D eigenvalue weighted by Gasteiger charge is -2.09. The number of rotatable bonds is 3. The van der Waals surface area contributed by atoms with Crippen molar-refractivity contribution in [3.05, 3.63) is 26.8 Å². The van der Waals surface area contributed by atoms with E-state index in [-0.39, 0.29) is 0 Å². The van der Waals surface area contributed by atoms with E-state index in [9.17, 15) is 0 Å². The van der Waals surface area contributed by atoms with Crippen molar-refractivity contribution in [2.45, 2.75) is 20.3 Å². The van der Waals surface area contributed by atoms with Gasteiger partial charge in [-0.1, -0.05) is 19.9 Å². The Morgan fingerprint density at radius 2 is 2.18 bits per heavy atom. The van der Waals surface area contributed by atoms with Gasteiger partial charge >= 0.3 is 0 Å². The number of nitrogens with two attached hydrogens (primary N) is 1. The fraction of sp³-hybridized carbons (Fsp3) is 0.333. The normalized spacial score (nSPS) is 11.1. The molecule has 0 saturated heterocycles. The van der Waals surface area contributed by atoms with Gasteiger partial charge in [-0.25, -0.2) is 9.97 Å². The molecule has 0 radical (unpaired) electrons. The van der Waals surface area contributed by atoms with Gasteiger partial charge in [-0.3, -0.25) is 0 Å². The lowest BCUT2D eigenvalue weighted by atomic mass is 10.1. The van der Waals surface area contributed by atoms with Crippen molar-refractivity contribution in [3.8, 4) is 10.7 Å². The summed E-state index contributed by atoms with van der Waals surface area (Å²) in [6, 6.07) is 4.02. The fourth-order valence-electron chi connectivity index (χ4n) is 1.55. The second-order valence-electron chi connectivity index (χ2n) is 4.27. The van der Waals surface area contributed by atoms with Crippen molar-refractivity contribution in [2.75, 3.05) is 5.73 Å². The van der Waals surface area contributed by atoms with Gasteiger partial charge in [0.25, 0.3) is 0 Å². The van der Waals surface area contributed by atoms with E-state index in [0.717, 1.165) is 26.4 Å². The Morgan fingerprint density at radius 1 is 1.41 bits per heavy atom. The van der Waals surface area contributed by atoms with Gasteiger partial charge in [-0.15, -0.1) is 11.3 Å². The van der Waals surface area contributed by atoms with Gasteiger partial charge in [0.05, 0.1) is 14.1 Å². The highest BCUT2D eigenvalue weighted by Gasteiger charge is 2.12. The van der Waals surface area contributed by atoms with Crippen molar-refractivity contribution in [1.82, 2.24) is 9.97 Å². The van der Waals surface area contributed by atoms with Crippen LogP contribution in [-0.4, -0.2) is 9.97 Å². The van der Waals surface area contributed by atoms with Gasteiger partial charge in [0.15, 0.2) is 5.82 Å². The number of nitrogen functional groups attached to an aromatic ring is 1. The molecule has 0 aliphatic carbocycles. The average Bonchev–Trinajstić information content (AvgIpc) is 2.77. The zero-order valence-corrected chi connectivity index (χ0v) is 12.7. The van der Waals surface area contributed by atoms with Crippen LogP contribution >= 0.6 is 33.9 Å². The van der Waals surface area contributed by atoms with E-state index in [1.165, 1.54) is 0 Å². The number of halogens is 1. The number of hydrogen-bond acceptors (Lipinski definition) is 4. The minimum atomic E-state index is 0.564. The molecule has 0 fully saturated rings. The van der Waals surface area contributed by atoms with Crippen molar-refractivity contribution in [2.24, 2.45) is 5.92 Å². The molecule has 0 bridgehead atoms. The number of anilines is 1. The van der Waals surface area contributed by atoms with Crippen LogP contribution in [0.2, 0.25) is 0 Å². The summed E-state index contributed by atoms with van der Waals surface area (Å²) in [4.78, 5) is 10.0. The molecule has 0 amide bonds. The maximum absolute atomic E-state index is 5.95. The molecular weight excluding hydrogens is 345 g/mol. The van der Waals surface area contributed by atoms with Crippen LogP contribution in [0.3, 0.4) is 0 Å². The Morgan fingerprint density at radius 3 is 2.76 bits per heavy atom. The highest BCUT2D eigenvalue weighted by atomic mass is 127. The van der Waals surface area contributed by atoms with Gasteiger partial charge < -0.3 is 5.73 Å². The smallest absolute Gasteiger partial charge is 0.171 e. The molecule has 0 aliphatic rings. The molecular formula is C12H14IN3S. The summed E-state index contributed by atoms with van der Waals surface area (Å²) in [6.07, 6.45) is 0.934. The van der Waals surface area contributed by atoms with E-state index in [4.69, 9.17) is 5.73 Å². The third-order valence-corrected chi connectivity index (χ3v) is 4.33. The topological polar surface area (TPSA) is 51.8 Å². The van der Waals surface area contributed by atoms with E-state index >= 15 is 0 Å². The molecule has 3 nitrogen and oxygen atoms in total. The van der Waals surface area contributed by atoms with Gasteiger partial charge in [0, 0.05) is 0 Å². The maximum atomic E-state index is 5.95. The molecule has 17 heavy (non-hydrogen) atoms. The molecule has 2 aromatic rings. The van der Waals surface area contributed by atoms with Gasteiger partial charge in [0.2, 0.25) is 0 Å². The summed E-state index contributed by atoms with van der Waals surface area (Å²) in [5.74, 6) is 1.89. The molecule has 90 valence electrons. The molecule has 2 aromatic heterocycles. The molecule has 0 unspecified atom stereocenters. The molecule has 0 saturated carbocycles. The third-order valence-electron chi connectivity index (χ3n) is 2.29. The van der Waals surface area contributed by atoms with Crippen molar-refractivity contribution >= 4 is 39.7 Å². The van der Waals surface area contributed by atoms with Gasteiger partial charge in [0.1, 0.15) is 5.82 Å². The number of hydrogen-bond donors (Lipinski definition) is 1. The Hall–Kier alpha value is -0.690. The van der Waals surface area contributed by atoms with E-state index < -0.39 is 0 Å². The molecule has 5 heteroatoms. The van der Waals surface area contributed by atoms with Crippen molar-refractivity contribution in [3.63, 3.8) is 0 Å². The fourth-order valence-corrected chi connectivity index (χ4v) is 2.67. The quantitative estimate of drug-likeness (QED) is 0.853. The SMILES string of the molecule is CC(C)Cc1nc(-c2cccs2)nc(N)c1I. The van der Waals surface area contributed by atoms with E-state index in [0.29, 0.717) is 11.7 Å². The second-order valence-corrected chi connectivity index (χ2v) is 6.29. The highest BCUT2D eigenvalue weighted by Crippen LogP contribution is 2.26. The van der Waals surface area contributed by atoms with Gasteiger partial charge in [-0.05, 0) is 46.4 Å². The Bertz CT molecular complexity index is 509. The number of aromatic nitrogens is 2. The summed E-state index contributed by atoms with van der Waals surface area (Å²) in [5, 5.41) is 2.02. The largest absolute Gasteiger partial charge is 0.383 e. The number of nitrogens with zero attached hydrogens (tertiary/aromatic N) is 2. The van der Waals surface area contributed by atoms with Crippen LogP contribution in [0.15, 0.2) is 17.5 Å². The van der Waals surface area contributed by atoms with Crippen LogP contribution < -0.4 is 5.73 Å². The van der Waals surface area contributed by atoms with Crippen LogP contribution in [0.1, 0.15) is 19.5 Å². The Balaban J connectivity index is 2.46. The van der Waals surface area contributed by atoms with E-state index in [1.807, 2.05) is 17.5 Å². The highest BCUT2D eigenvalue weighted by molar-refractivity contribution is 14.1. The Labute approximate surface area is 119 Å². The van der Waals surface area contributed by atoms with Crippen LogP contribution in [0.4, 0.5) is 5.82 Å². The van der Waals surface area contributed by atoms with E-state index in [1.54, 1.807) is 11.3 Å². The summed E-state index contributed by atoms with van der Waals surface area (Å²) in [5.41, 5.74) is 7.00. The minimum absolute atomic E-state index is 0.564.